The molecule has 23 heavy (non-hydrogen) atoms. The molecule has 1 aliphatic rings. The first-order valence-electron chi connectivity index (χ1n) is 7.62. The molecule has 116 valence electrons. The molecular weight excluding hydrogens is 288 g/mol. The summed E-state index contributed by atoms with van der Waals surface area (Å²) < 4.78 is 0. The van der Waals surface area contributed by atoms with Crippen LogP contribution >= 0.6 is 0 Å². The van der Waals surface area contributed by atoms with Crippen molar-refractivity contribution in [2.75, 3.05) is 36.4 Å². The Hall–Kier alpha value is -3.00. The fraction of sp³-hybridized carbons (Fsp3) is 0.222. The van der Waals surface area contributed by atoms with Gasteiger partial charge in [0.05, 0.1) is 11.6 Å². The maximum atomic E-state index is 12.3. The number of benzene rings is 2. The van der Waals surface area contributed by atoms with Gasteiger partial charge in [0.2, 0.25) is 0 Å². The fourth-order valence-corrected chi connectivity index (χ4v) is 2.68. The number of nitriles is 1. The number of urea groups is 1. The maximum absolute atomic E-state index is 12.3. The molecule has 0 aromatic heterocycles. The molecule has 2 amide bonds. The van der Waals surface area contributed by atoms with Crippen LogP contribution in [0.1, 0.15) is 5.56 Å². The van der Waals surface area contributed by atoms with E-state index in [4.69, 9.17) is 5.26 Å². The molecule has 2 aromatic carbocycles. The lowest BCUT2D eigenvalue weighted by atomic mass is 10.2. The van der Waals surface area contributed by atoms with E-state index in [0.29, 0.717) is 24.3 Å². The van der Waals surface area contributed by atoms with Crippen LogP contribution in [0, 0.1) is 11.3 Å². The van der Waals surface area contributed by atoms with Gasteiger partial charge in [-0.3, -0.25) is 0 Å². The van der Waals surface area contributed by atoms with Crippen LogP contribution in [-0.2, 0) is 0 Å². The zero-order valence-electron chi connectivity index (χ0n) is 12.8. The predicted octanol–water partition coefficient (Wildman–Crippen LogP) is 2.91. The molecule has 2 aromatic rings. The van der Waals surface area contributed by atoms with Crippen molar-refractivity contribution in [1.82, 2.24) is 4.90 Å². The summed E-state index contributed by atoms with van der Waals surface area (Å²) in [6.45, 7) is 2.99. The Morgan fingerprint density at radius 1 is 1.00 bits per heavy atom. The number of amides is 2. The second kappa shape index (κ2) is 6.84. The van der Waals surface area contributed by atoms with Gasteiger partial charge in [0.1, 0.15) is 0 Å². The number of hydrogen-bond acceptors (Lipinski definition) is 3. The van der Waals surface area contributed by atoms with Gasteiger partial charge in [-0.2, -0.15) is 5.26 Å². The van der Waals surface area contributed by atoms with Gasteiger partial charge >= 0.3 is 6.03 Å². The largest absolute Gasteiger partial charge is 0.368 e. The van der Waals surface area contributed by atoms with Gasteiger partial charge < -0.3 is 15.1 Å². The molecule has 0 unspecified atom stereocenters. The molecule has 5 heteroatoms. The molecule has 0 atom stereocenters. The average Bonchev–Trinajstić information content (AvgIpc) is 2.63. The van der Waals surface area contributed by atoms with Crippen LogP contribution in [0.4, 0.5) is 16.2 Å². The third kappa shape index (κ3) is 3.61. The predicted molar refractivity (Wildman–Crippen MR) is 90.4 cm³/mol. The number of piperazine rings is 1. The molecule has 0 aliphatic carbocycles. The fourth-order valence-electron chi connectivity index (χ4n) is 2.68. The SMILES string of the molecule is N#Cc1cccc(NC(=O)N2CCN(c3ccccc3)CC2)c1. The molecule has 1 heterocycles. The minimum Gasteiger partial charge on any atom is -0.368 e. The van der Waals surface area contributed by atoms with E-state index in [2.05, 4.69) is 28.4 Å². The van der Waals surface area contributed by atoms with E-state index in [-0.39, 0.29) is 6.03 Å². The molecular formula is C18H18N4O. The first-order valence-corrected chi connectivity index (χ1v) is 7.62. The second-order valence-electron chi connectivity index (χ2n) is 5.43. The summed E-state index contributed by atoms with van der Waals surface area (Å²) in [5.41, 5.74) is 2.38. The second-order valence-corrected chi connectivity index (χ2v) is 5.43. The van der Waals surface area contributed by atoms with Crippen LogP contribution in [0.5, 0.6) is 0 Å². The van der Waals surface area contributed by atoms with Gasteiger partial charge in [0.25, 0.3) is 0 Å². The Labute approximate surface area is 135 Å². The van der Waals surface area contributed by atoms with Crippen LogP contribution in [0.3, 0.4) is 0 Å². The monoisotopic (exact) mass is 306 g/mol. The van der Waals surface area contributed by atoms with Crippen molar-refractivity contribution in [2.24, 2.45) is 0 Å². The number of para-hydroxylation sites is 1. The van der Waals surface area contributed by atoms with Crippen molar-refractivity contribution in [3.8, 4) is 6.07 Å². The molecule has 0 saturated carbocycles. The van der Waals surface area contributed by atoms with Gasteiger partial charge in [0, 0.05) is 37.6 Å². The summed E-state index contributed by atoms with van der Waals surface area (Å²) in [5.74, 6) is 0. The van der Waals surface area contributed by atoms with Crippen LogP contribution in [-0.4, -0.2) is 37.1 Å². The van der Waals surface area contributed by atoms with Crippen LogP contribution in [0.25, 0.3) is 0 Å². The number of carbonyl (C=O) groups excluding carboxylic acids is 1. The van der Waals surface area contributed by atoms with Gasteiger partial charge in [-0.05, 0) is 30.3 Å². The third-order valence-electron chi connectivity index (χ3n) is 3.93. The summed E-state index contributed by atoms with van der Waals surface area (Å²) in [4.78, 5) is 16.4. The van der Waals surface area contributed by atoms with Gasteiger partial charge in [-0.1, -0.05) is 24.3 Å². The van der Waals surface area contributed by atoms with Crippen molar-refractivity contribution >= 4 is 17.4 Å². The molecule has 0 spiro atoms. The van der Waals surface area contributed by atoms with Crippen molar-refractivity contribution in [1.29, 1.82) is 5.26 Å². The highest BCUT2D eigenvalue weighted by Crippen LogP contribution is 2.16. The van der Waals surface area contributed by atoms with Gasteiger partial charge in [0.15, 0.2) is 0 Å². The lowest BCUT2D eigenvalue weighted by Crippen LogP contribution is -2.50. The molecule has 1 aliphatic heterocycles. The maximum Gasteiger partial charge on any atom is 0.321 e. The summed E-state index contributed by atoms with van der Waals surface area (Å²) >= 11 is 0. The van der Waals surface area contributed by atoms with E-state index < -0.39 is 0 Å². The Kier molecular flexibility index (Phi) is 4.44. The number of hydrogen-bond donors (Lipinski definition) is 1. The third-order valence-corrected chi connectivity index (χ3v) is 3.93. The topological polar surface area (TPSA) is 59.4 Å². The highest BCUT2D eigenvalue weighted by molar-refractivity contribution is 5.89. The Morgan fingerprint density at radius 3 is 2.43 bits per heavy atom. The summed E-state index contributed by atoms with van der Waals surface area (Å²) in [5, 5.41) is 11.8. The van der Waals surface area contributed by atoms with E-state index in [1.807, 2.05) is 18.2 Å². The van der Waals surface area contributed by atoms with E-state index in [1.54, 1.807) is 29.2 Å². The Balaban J connectivity index is 1.57. The summed E-state index contributed by atoms with van der Waals surface area (Å²) in [6.07, 6.45) is 0. The molecule has 1 fully saturated rings. The van der Waals surface area contributed by atoms with Crippen molar-refractivity contribution in [2.45, 2.75) is 0 Å². The van der Waals surface area contributed by atoms with Crippen LogP contribution in [0.2, 0.25) is 0 Å². The Morgan fingerprint density at radius 2 is 1.74 bits per heavy atom. The number of rotatable bonds is 2. The van der Waals surface area contributed by atoms with Crippen molar-refractivity contribution in [3.05, 3.63) is 60.2 Å². The van der Waals surface area contributed by atoms with E-state index in [0.717, 1.165) is 13.1 Å². The lowest BCUT2D eigenvalue weighted by Gasteiger charge is -2.36. The number of nitrogens with zero attached hydrogens (tertiary/aromatic N) is 3. The molecule has 1 N–H and O–H groups in total. The highest BCUT2D eigenvalue weighted by Gasteiger charge is 2.21. The molecule has 3 rings (SSSR count). The lowest BCUT2D eigenvalue weighted by molar-refractivity contribution is 0.208. The summed E-state index contributed by atoms with van der Waals surface area (Å²) in [7, 11) is 0. The zero-order chi connectivity index (χ0) is 16.1. The first-order chi connectivity index (χ1) is 11.3. The number of nitrogens with one attached hydrogen (secondary N) is 1. The van der Waals surface area contributed by atoms with E-state index in [9.17, 15) is 4.79 Å². The van der Waals surface area contributed by atoms with Crippen LogP contribution in [0.15, 0.2) is 54.6 Å². The van der Waals surface area contributed by atoms with E-state index in [1.165, 1.54) is 5.69 Å². The molecule has 0 bridgehead atoms. The first kappa shape index (κ1) is 14.9. The summed E-state index contributed by atoms with van der Waals surface area (Å²) in [6, 6.07) is 19.1. The van der Waals surface area contributed by atoms with Gasteiger partial charge in [-0.25, -0.2) is 4.79 Å². The highest BCUT2D eigenvalue weighted by atomic mass is 16.2. The molecule has 5 nitrogen and oxygen atoms in total. The molecule has 1 saturated heterocycles. The number of anilines is 2. The van der Waals surface area contributed by atoms with Crippen molar-refractivity contribution in [3.63, 3.8) is 0 Å². The Bertz CT molecular complexity index is 715. The average molecular weight is 306 g/mol. The van der Waals surface area contributed by atoms with Gasteiger partial charge in [-0.15, -0.1) is 0 Å². The van der Waals surface area contributed by atoms with Crippen molar-refractivity contribution < 1.29 is 4.79 Å². The zero-order valence-corrected chi connectivity index (χ0v) is 12.8. The van der Waals surface area contributed by atoms with Crippen LogP contribution < -0.4 is 10.2 Å². The minimum absolute atomic E-state index is 0.118. The minimum atomic E-state index is -0.118. The normalized spacial score (nSPS) is 14.2. The molecule has 0 radical (unpaired) electrons. The quantitative estimate of drug-likeness (QED) is 0.928. The standard InChI is InChI=1S/C18H18N4O/c19-14-15-5-4-6-16(13-15)20-18(23)22-11-9-21(10-12-22)17-7-2-1-3-8-17/h1-8,13H,9-12H2,(H,20,23). The smallest absolute Gasteiger partial charge is 0.321 e. The van der Waals surface area contributed by atoms with E-state index >= 15 is 0 Å². The number of carbonyl (C=O) groups is 1.